The molecule has 0 saturated heterocycles. The predicted molar refractivity (Wildman–Crippen MR) is 62.6 cm³/mol. The lowest BCUT2D eigenvalue weighted by molar-refractivity contribution is -0.127. The van der Waals surface area contributed by atoms with Gasteiger partial charge in [-0.05, 0) is 33.6 Å². The van der Waals surface area contributed by atoms with Gasteiger partial charge < -0.3 is 10.4 Å². The second-order valence-corrected chi connectivity index (χ2v) is 5.45. The highest BCUT2D eigenvalue weighted by Gasteiger charge is 2.36. The SMILES string of the molecule is CCC(C)CC(=O)NC(C)(C)C(C)(C)O. The van der Waals surface area contributed by atoms with Crippen LogP contribution < -0.4 is 5.32 Å². The molecule has 0 aromatic heterocycles. The zero-order valence-electron chi connectivity index (χ0n) is 10.8. The first-order chi connectivity index (χ1) is 6.60. The Kier molecular flexibility index (Phi) is 4.78. The zero-order chi connectivity index (χ0) is 12.3. The first-order valence-corrected chi connectivity index (χ1v) is 5.63. The van der Waals surface area contributed by atoms with E-state index in [4.69, 9.17) is 0 Å². The van der Waals surface area contributed by atoms with E-state index in [0.29, 0.717) is 12.3 Å². The molecule has 0 radical (unpaired) electrons. The standard InChI is InChI=1S/C12H25NO2/c1-7-9(2)8-10(14)13-11(3,4)12(5,6)15/h9,15H,7-8H2,1-6H3,(H,13,14). The van der Waals surface area contributed by atoms with Crippen molar-refractivity contribution in [2.24, 2.45) is 5.92 Å². The Morgan fingerprint density at radius 3 is 2.13 bits per heavy atom. The number of carbonyl (C=O) groups is 1. The number of hydrogen-bond donors (Lipinski definition) is 2. The molecule has 1 amide bonds. The van der Waals surface area contributed by atoms with E-state index in [9.17, 15) is 9.90 Å². The molecule has 0 aliphatic heterocycles. The molecule has 0 bridgehead atoms. The van der Waals surface area contributed by atoms with Gasteiger partial charge in [-0.2, -0.15) is 0 Å². The van der Waals surface area contributed by atoms with Gasteiger partial charge in [-0.1, -0.05) is 20.3 Å². The van der Waals surface area contributed by atoms with Crippen molar-refractivity contribution in [2.75, 3.05) is 0 Å². The van der Waals surface area contributed by atoms with E-state index in [0.717, 1.165) is 6.42 Å². The van der Waals surface area contributed by atoms with Gasteiger partial charge in [0.25, 0.3) is 0 Å². The molecule has 0 spiro atoms. The van der Waals surface area contributed by atoms with Gasteiger partial charge in [0.2, 0.25) is 5.91 Å². The van der Waals surface area contributed by atoms with Crippen molar-refractivity contribution in [3.63, 3.8) is 0 Å². The third kappa shape index (κ3) is 4.65. The van der Waals surface area contributed by atoms with E-state index in [-0.39, 0.29) is 5.91 Å². The Balaban J connectivity index is 4.29. The smallest absolute Gasteiger partial charge is 0.220 e. The Morgan fingerprint density at radius 2 is 1.80 bits per heavy atom. The van der Waals surface area contributed by atoms with Gasteiger partial charge in [0.05, 0.1) is 11.1 Å². The number of hydrogen-bond acceptors (Lipinski definition) is 2. The summed E-state index contributed by atoms with van der Waals surface area (Å²) in [5, 5.41) is 12.7. The van der Waals surface area contributed by atoms with Crippen molar-refractivity contribution >= 4 is 5.91 Å². The van der Waals surface area contributed by atoms with E-state index < -0.39 is 11.1 Å². The van der Waals surface area contributed by atoms with Crippen LogP contribution in [-0.2, 0) is 4.79 Å². The molecule has 0 aliphatic carbocycles. The summed E-state index contributed by atoms with van der Waals surface area (Å²) in [6.07, 6.45) is 1.52. The molecule has 0 fully saturated rings. The molecule has 0 rings (SSSR count). The fourth-order valence-corrected chi connectivity index (χ4v) is 1.01. The molecule has 90 valence electrons. The highest BCUT2D eigenvalue weighted by atomic mass is 16.3. The summed E-state index contributed by atoms with van der Waals surface area (Å²) in [5.41, 5.74) is -1.52. The van der Waals surface area contributed by atoms with Gasteiger partial charge in [-0.25, -0.2) is 0 Å². The second kappa shape index (κ2) is 4.97. The number of nitrogens with one attached hydrogen (secondary N) is 1. The molecule has 0 aromatic carbocycles. The van der Waals surface area contributed by atoms with Crippen LogP contribution in [0.15, 0.2) is 0 Å². The Hall–Kier alpha value is -0.570. The van der Waals surface area contributed by atoms with Crippen LogP contribution >= 0.6 is 0 Å². The highest BCUT2D eigenvalue weighted by molar-refractivity contribution is 5.77. The van der Waals surface area contributed by atoms with Crippen LogP contribution in [0.3, 0.4) is 0 Å². The largest absolute Gasteiger partial charge is 0.388 e. The van der Waals surface area contributed by atoms with Crippen molar-refractivity contribution in [1.29, 1.82) is 0 Å². The monoisotopic (exact) mass is 215 g/mol. The third-order valence-electron chi connectivity index (χ3n) is 3.21. The predicted octanol–water partition coefficient (Wildman–Crippen LogP) is 2.09. The quantitative estimate of drug-likeness (QED) is 0.737. The van der Waals surface area contributed by atoms with Crippen molar-refractivity contribution in [3.8, 4) is 0 Å². The maximum Gasteiger partial charge on any atom is 0.220 e. The first kappa shape index (κ1) is 14.4. The summed E-state index contributed by atoms with van der Waals surface area (Å²) in [6, 6.07) is 0. The van der Waals surface area contributed by atoms with Crippen molar-refractivity contribution in [2.45, 2.75) is 65.5 Å². The minimum atomic E-state index is -0.919. The average Bonchev–Trinajstić information content (AvgIpc) is 2.00. The number of rotatable bonds is 5. The lowest BCUT2D eigenvalue weighted by Gasteiger charge is -2.38. The summed E-state index contributed by atoms with van der Waals surface area (Å²) in [5.74, 6) is 0.402. The van der Waals surface area contributed by atoms with Crippen LogP contribution in [0.4, 0.5) is 0 Å². The molecular weight excluding hydrogens is 190 g/mol. The lowest BCUT2D eigenvalue weighted by atomic mass is 9.85. The molecule has 0 saturated carbocycles. The van der Waals surface area contributed by atoms with Gasteiger partial charge in [-0.15, -0.1) is 0 Å². The van der Waals surface area contributed by atoms with Gasteiger partial charge in [0.15, 0.2) is 0 Å². The van der Waals surface area contributed by atoms with Gasteiger partial charge in [0, 0.05) is 6.42 Å². The summed E-state index contributed by atoms with van der Waals surface area (Å²) < 4.78 is 0. The molecule has 1 atom stereocenters. The van der Waals surface area contributed by atoms with Crippen molar-refractivity contribution in [3.05, 3.63) is 0 Å². The molecule has 3 heteroatoms. The number of amides is 1. The van der Waals surface area contributed by atoms with E-state index in [1.165, 1.54) is 0 Å². The number of aliphatic hydroxyl groups is 1. The minimum absolute atomic E-state index is 0.0106. The molecule has 1 unspecified atom stereocenters. The normalized spacial score (nSPS) is 14.9. The van der Waals surface area contributed by atoms with E-state index in [2.05, 4.69) is 19.2 Å². The van der Waals surface area contributed by atoms with Crippen LogP contribution in [0.5, 0.6) is 0 Å². The molecule has 3 nitrogen and oxygen atoms in total. The van der Waals surface area contributed by atoms with Crippen molar-refractivity contribution in [1.82, 2.24) is 5.32 Å². The maximum atomic E-state index is 11.7. The van der Waals surface area contributed by atoms with E-state index in [1.807, 2.05) is 13.8 Å². The van der Waals surface area contributed by atoms with Crippen LogP contribution in [0.1, 0.15) is 54.4 Å². The highest BCUT2D eigenvalue weighted by Crippen LogP contribution is 2.21. The Morgan fingerprint density at radius 1 is 1.33 bits per heavy atom. The maximum absolute atomic E-state index is 11.7. The molecule has 0 aliphatic rings. The Labute approximate surface area is 93.3 Å². The second-order valence-electron chi connectivity index (χ2n) is 5.45. The summed E-state index contributed by atoms with van der Waals surface area (Å²) >= 11 is 0. The van der Waals surface area contributed by atoms with Crippen LogP contribution in [0.2, 0.25) is 0 Å². The van der Waals surface area contributed by atoms with Crippen LogP contribution in [0, 0.1) is 5.92 Å². The lowest BCUT2D eigenvalue weighted by Crippen LogP contribution is -2.57. The molecule has 0 aromatic rings. The van der Waals surface area contributed by atoms with Crippen LogP contribution in [0.25, 0.3) is 0 Å². The zero-order valence-corrected chi connectivity index (χ0v) is 10.8. The van der Waals surface area contributed by atoms with Crippen molar-refractivity contribution < 1.29 is 9.90 Å². The number of carbonyl (C=O) groups excluding carboxylic acids is 1. The summed E-state index contributed by atoms with van der Waals surface area (Å²) in [6.45, 7) is 11.2. The fourth-order valence-electron chi connectivity index (χ4n) is 1.01. The summed E-state index contributed by atoms with van der Waals surface area (Å²) in [4.78, 5) is 11.7. The van der Waals surface area contributed by atoms with Gasteiger partial charge in [0.1, 0.15) is 0 Å². The first-order valence-electron chi connectivity index (χ1n) is 5.63. The van der Waals surface area contributed by atoms with Crippen LogP contribution in [-0.4, -0.2) is 22.2 Å². The molecule has 2 N–H and O–H groups in total. The molecule has 0 heterocycles. The fraction of sp³-hybridized carbons (Fsp3) is 0.917. The Bertz CT molecular complexity index is 216. The topological polar surface area (TPSA) is 49.3 Å². The van der Waals surface area contributed by atoms with E-state index >= 15 is 0 Å². The third-order valence-corrected chi connectivity index (χ3v) is 3.21. The minimum Gasteiger partial charge on any atom is -0.388 e. The summed E-state index contributed by atoms with van der Waals surface area (Å²) in [7, 11) is 0. The average molecular weight is 215 g/mol. The molecular formula is C12H25NO2. The van der Waals surface area contributed by atoms with Gasteiger partial charge in [-0.3, -0.25) is 4.79 Å². The van der Waals surface area contributed by atoms with E-state index in [1.54, 1.807) is 13.8 Å². The molecule has 15 heavy (non-hydrogen) atoms. The van der Waals surface area contributed by atoms with Gasteiger partial charge >= 0.3 is 0 Å².